The number of hydrogen-bond acceptors (Lipinski definition) is 6. The van der Waals surface area contributed by atoms with E-state index in [1.807, 2.05) is 0 Å². The van der Waals surface area contributed by atoms with Crippen LogP contribution in [0, 0.1) is 0 Å². The number of nitrogens with one attached hydrogen (secondary N) is 1. The van der Waals surface area contributed by atoms with E-state index >= 15 is 0 Å². The summed E-state index contributed by atoms with van der Waals surface area (Å²) in [6.45, 7) is 1.25. The summed E-state index contributed by atoms with van der Waals surface area (Å²) in [7, 11) is -4.68. The zero-order chi connectivity index (χ0) is 14.6. The molecule has 1 aromatic rings. The Balaban J connectivity index is 2.80. The topological polar surface area (TPSA) is 122 Å². The predicted octanol–water partition coefficient (Wildman–Crippen LogP) is 1.41. The van der Waals surface area contributed by atoms with Crippen molar-refractivity contribution in [1.82, 2.24) is 0 Å². The Bertz CT molecular complexity index is 572. The summed E-state index contributed by atoms with van der Waals surface area (Å²) >= 11 is 5.68. The summed E-state index contributed by atoms with van der Waals surface area (Å²) in [4.78, 5) is 11.1. The van der Waals surface area contributed by atoms with Gasteiger partial charge >= 0.3 is 16.5 Å². The molecule has 0 aliphatic rings. The van der Waals surface area contributed by atoms with Crippen LogP contribution in [0.5, 0.6) is 5.75 Å². The minimum atomic E-state index is -4.68. The Morgan fingerprint density at radius 3 is 2.58 bits per heavy atom. The first-order chi connectivity index (χ1) is 8.67. The number of ether oxygens (including phenoxy) is 1. The fourth-order valence-corrected chi connectivity index (χ4v) is 1.70. The quantitative estimate of drug-likeness (QED) is 0.567. The molecule has 1 atom stereocenters. The molecule has 0 bridgehead atoms. The highest BCUT2D eigenvalue weighted by atomic mass is 35.5. The molecule has 0 saturated carbocycles. The molecular formula is C9H10ClNO7S. The van der Waals surface area contributed by atoms with Crippen LogP contribution < -0.4 is 9.50 Å². The Morgan fingerprint density at radius 2 is 2.11 bits per heavy atom. The van der Waals surface area contributed by atoms with Gasteiger partial charge in [0.25, 0.3) is 0 Å². The molecule has 0 aliphatic heterocycles. The van der Waals surface area contributed by atoms with Crippen molar-refractivity contribution in [2.75, 3.05) is 5.32 Å². The molecular weight excluding hydrogens is 302 g/mol. The molecule has 1 aromatic carbocycles. The zero-order valence-corrected chi connectivity index (χ0v) is 11.1. The van der Waals surface area contributed by atoms with Crippen LogP contribution in [0.4, 0.5) is 10.5 Å². The van der Waals surface area contributed by atoms with E-state index in [0.29, 0.717) is 0 Å². The van der Waals surface area contributed by atoms with Crippen LogP contribution in [-0.2, 0) is 15.1 Å². The first-order valence-electron chi connectivity index (χ1n) is 4.79. The molecule has 0 aliphatic carbocycles. The van der Waals surface area contributed by atoms with Gasteiger partial charge in [0.05, 0.1) is 5.02 Å². The van der Waals surface area contributed by atoms with Gasteiger partial charge < -0.3 is 14.0 Å². The smallest absolute Gasteiger partial charge is 0.420 e. The summed E-state index contributed by atoms with van der Waals surface area (Å²) < 4.78 is 38.0. The molecule has 1 rings (SSSR count). The molecule has 106 valence electrons. The third kappa shape index (κ3) is 5.75. The number of anilines is 1. The van der Waals surface area contributed by atoms with Crippen LogP contribution in [0.15, 0.2) is 18.2 Å². The lowest BCUT2D eigenvalue weighted by atomic mass is 10.3. The van der Waals surface area contributed by atoms with Crippen molar-refractivity contribution in [3.05, 3.63) is 23.2 Å². The van der Waals surface area contributed by atoms with Crippen molar-refractivity contribution >= 4 is 33.8 Å². The average molecular weight is 312 g/mol. The van der Waals surface area contributed by atoms with Gasteiger partial charge in [0, 0.05) is 5.69 Å². The molecule has 0 aromatic heterocycles. The molecule has 0 radical (unpaired) electrons. The zero-order valence-electron chi connectivity index (χ0n) is 9.53. The summed E-state index contributed by atoms with van der Waals surface area (Å²) in [5.74, 6) is -0.307. The lowest BCUT2D eigenvalue weighted by Gasteiger charge is -2.10. The first-order valence-corrected chi connectivity index (χ1v) is 6.54. The van der Waals surface area contributed by atoms with Crippen molar-refractivity contribution in [1.29, 1.82) is 0 Å². The Hall–Kier alpha value is -1.55. The van der Waals surface area contributed by atoms with Crippen molar-refractivity contribution in [3.8, 4) is 5.75 Å². The molecule has 0 fully saturated rings. The number of hydrogen-bond donors (Lipinski definition) is 3. The Labute approximate surface area is 113 Å². The minimum absolute atomic E-state index is 0.160. The SMILES string of the molecule is CC(O)OC(=O)Nc1ccc(OS(=O)(=O)O)c(Cl)c1. The van der Waals surface area contributed by atoms with Gasteiger partial charge in [0.2, 0.25) is 0 Å². The van der Waals surface area contributed by atoms with Gasteiger partial charge in [-0.1, -0.05) is 11.6 Å². The molecule has 1 amide bonds. The fraction of sp³-hybridized carbons (Fsp3) is 0.222. The van der Waals surface area contributed by atoms with Crippen molar-refractivity contribution in [3.63, 3.8) is 0 Å². The molecule has 0 saturated heterocycles. The van der Waals surface area contributed by atoms with Crippen molar-refractivity contribution in [2.24, 2.45) is 0 Å². The predicted molar refractivity (Wildman–Crippen MR) is 65.4 cm³/mol. The van der Waals surface area contributed by atoms with E-state index in [1.54, 1.807) is 0 Å². The number of carbonyl (C=O) groups is 1. The van der Waals surface area contributed by atoms with Gasteiger partial charge in [-0.25, -0.2) is 4.79 Å². The minimum Gasteiger partial charge on any atom is -0.420 e. The van der Waals surface area contributed by atoms with Crippen LogP contribution >= 0.6 is 11.6 Å². The van der Waals surface area contributed by atoms with Crippen LogP contribution in [0.2, 0.25) is 5.02 Å². The second kappa shape index (κ2) is 6.06. The summed E-state index contributed by atoms with van der Waals surface area (Å²) in [6, 6.07) is 3.55. The number of halogens is 1. The van der Waals surface area contributed by atoms with E-state index in [4.69, 9.17) is 21.3 Å². The molecule has 8 nitrogen and oxygen atoms in total. The molecule has 3 N–H and O–H groups in total. The van der Waals surface area contributed by atoms with Crippen molar-refractivity contribution < 1.29 is 31.8 Å². The number of aliphatic hydroxyl groups excluding tert-OH is 1. The largest absolute Gasteiger partial charge is 0.446 e. The fourth-order valence-electron chi connectivity index (χ4n) is 1.06. The maximum absolute atomic E-state index is 11.1. The number of benzene rings is 1. The van der Waals surface area contributed by atoms with E-state index in [2.05, 4.69) is 14.2 Å². The van der Waals surface area contributed by atoms with Gasteiger partial charge in [-0.15, -0.1) is 0 Å². The third-order valence-corrected chi connectivity index (χ3v) is 2.34. The molecule has 0 heterocycles. The van der Waals surface area contributed by atoms with Gasteiger partial charge in [-0.05, 0) is 25.1 Å². The second-order valence-electron chi connectivity index (χ2n) is 3.29. The van der Waals surface area contributed by atoms with Crippen LogP contribution in [0.3, 0.4) is 0 Å². The summed E-state index contributed by atoms with van der Waals surface area (Å²) in [6.07, 6.45) is -2.20. The molecule has 1 unspecified atom stereocenters. The molecule has 10 heteroatoms. The van der Waals surface area contributed by atoms with E-state index in [0.717, 1.165) is 6.07 Å². The maximum Gasteiger partial charge on any atom is 0.446 e. The average Bonchev–Trinajstić information content (AvgIpc) is 2.19. The highest BCUT2D eigenvalue weighted by Gasteiger charge is 2.12. The number of amides is 1. The lowest BCUT2D eigenvalue weighted by molar-refractivity contribution is -0.0314. The van der Waals surface area contributed by atoms with E-state index in [9.17, 15) is 13.2 Å². The van der Waals surface area contributed by atoms with E-state index in [-0.39, 0.29) is 16.5 Å². The lowest BCUT2D eigenvalue weighted by Crippen LogP contribution is -2.19. The van der Waals surface area contributed by atoms with E-state index in [1.165, 1.54) is 19.1 Å². The summed E-state index contributed by atoms with van der Waals surface area (Å²) in [5.41, 5.74) is 0.179. The van der Waals surface area contributed by atoms with Gasteiger partial charge in [-0.2, -0.15) is 8.42 Å². The third-order valence-electron chi connectivity index (χ3n) is 1.65. The highest BCUT2D eigenvalue weighted by molar-refractivity contribution is 7.81. The summed E-state index contributed by atoms with van der Waals surface area (Å²) in [5, 5.41) is 10.9. The van der Waals surface area contributed by atoms with Crippen LogP contribution in [0.1, 0.15) is 6.92 Å². The maximum atomic E-state index is 11.1. The van der Waals surface area contributed by atoms with Gasteiger partial charge in [0.1, 0.15) is 0 Å². The number of carbonyl (C=O) groups excluding carboxylic acids is 1. The standard InChI is InChI=1S/C9H10ClNO7S/c1-5(12)17-9(13)11-6-2-3-8(7(10)4-6)18-19(14,15)16/h2-5,12H,1H3,(H,11,13)(H,14,15,16). The second-order valence-corrected chi connectivity index (χ2v) is 4.72. The van der Waals surface area contributed by atoms with E-state index < -0.39 is 22.8 Å². The first kappa shape index (κ1) is 15.5. The van der Waals surface area contributed by atoms with Crippen LogP contribution in [-0.4, -0.2) is 30.5 Å². The normalized spacial score (nSPS) is 12.6. The van der Waals surface area contributed by atoms with Crippen molar-refractivity contribution in [2.45, 2.75) is 13.2 Å². The molecule has 0 spiro atoms. The van der Waals surface area contributed by atoms with Gasteiger partial charge in [-0.3, -0.25) is 9.87 Å². The number of rotatable bonds is 4. The molecule has 19 heavy (non-hydrogen) atoms. The Morgan fingerprint density at radius 1 is 1.47 bits per heavy atom. The van der Waals surface area contributed by atoms with Crippen LogP contribution in [0.25, 0.3) is 0 Å². The Kier molecular flexibility index (Phi) is 4.95. The van der Waals surface area contributed by atoms with Gasteiger partial charge in [0.15, 0.2) is 12.0 Å². The monoisotopic (exact) mass is 311 g/mol. The number of aliphatic hydroxyl groups is 1. The highest BCUT2D eigenvalue weighted by Crippen LogP contribution is 2.28.